The second-order valence-corrected chi connectivity index (χ2v) is 8.48. The van der Waals surface area contributed by atoms with Crippen molar-refractivity contribution >= 4 is 16.8 Å². The molecule has 1 aromatic heterocycles. The van der Waals surface area contributed by atoms with E-state index in [0.29, 0.717) is 19.0 Å². The fraction of sp³-hybridized carbons (Fsp3) is 0.591. The second-order valence-electron chi connectivity index (χ2n) is 8.48. The SMILES string of the molecule is C[C@@H]1CN(C[C@@H]2CN(C(=O)Cn3ccc4ccccc43)C[C@@H]2CO)C[C@H](C)O1. The number of hydrogen-bond acceptors (Lipinski definition) is 4. The van der Waals surface area contributed by atoms with Gasteiger partial charge in [-0.15, -0.1) is 0 Å². The number of fused-ring (bicyclic) bond motifs is 1. The van der Waals surface area contributed by atoms with E-state index in [2.05, 4.69) is 24.8 Å². The van der Waals surface area contributed by atoms with E-state index in [4.69, 9.17) is 4.74 Å². The molecule has 0 saturated carbocycles. The minimum Gasteiger partial charge on any atom is -0.396 e. The van der Waals surface area contributed by atoms with E-state index in [-0.39, 0.29) is 30.6 Å². The number of nitrogens with zero attached hydrogens (tertiary/aromatic N) is 3. The first kappa shape index (κ1) is 19.4. The van der Waals surface area contributed by atoms with Gasteiger partial charge in [0.25, 0.3) is 0 Å². The molecule has 2 aromatic rings. The van der Waals surface area contributed by atoms with Crippen LogP contribution in [0, 0.1) is 11.8 Å². The molecular formula is C22H31N3O3. The molecule has 0 spiro atoms. The highest BCUT2D eigenvalue weighted by Gasteiger charge is 2.36. The molecule has 6 nitrogen and oxygen atoms in total. The van der Waals surface area contributed by atoms with Gasteiger partial charge >= 0.3 is 0 Å². The Bertz CT molecular complexity index is 810. The van der Waals surface area contributed by atoms with Crippen LogP contribution in [-0.4, -0.2) is 76.9 Å². The zero-order valence-electron chi connectivity index (χ0n) is 16.8. The van der Waals surface area contributed by atoms with Crippen molar-refractivity contribution < 1.29 is 14.6 Å². The maximum Gasteiger partial charge on any atom is 0.242 e. The Morgan fingerprint density at radius 3 is 2.54 bits per heavy atom. The summed E-state index contributed by atoms with van der Waals surface area (Å²) in [5, 5.41) is 11.0. The maximum atomic E-state index is 12.9. The van der Waals surface area contributed by atoms with Gasteiger partial charge in [-0.2, -0.15) is 0 Å². The van der Waals surface area contributed by atoms with Gasteiger partial charge in [-0.05, 0) is 37.3 Å². The van der Waals surface area contributed by atoms with Gasteiger partial charge in [-0.3, -0.25) is 9.69 Å². The van der Waals surface area contributed by atoms with Crippen molar-refractivity contribution in [2.45, 2.75) is 32.6 Å². The summed E-state index contributed by atoms with van der Waals surface area (Å²) in [7, 11) is 0. The second kappa shape index (κ2) is 8.23. The minimum atomic E-state index is 0.131. The van der Waals surface area contributed by atoms with Crippen LogP contribution in [-0.2, 0) is 16.1 Å². The molecule has 1 aromatic carbocycles. The number of amides is 1. The van der Waals surface area contributed by atoms with Gasteiger partial charge in [0.2, 0.25) is 5.91 Å². The van der Waals surface area contributed by atoms with E-state index in [9.17, 15) is 9.90 Å². The monoisotopic (exact) mass is 385 g/mol. The Morgan fingerprint density at radius 1 is 1.07 bits per heavy atom. The highest BCUT2D eigenvalue weighted by molar-refractivity contribution is 5.83. The summed E-state index contributed by atoms with van der Waals surface area (Å²) in [6, 6.07) is 10.2. The Balaban J connectivity index is 1.39. The molecule has 2 aliphatic heterocycles. The van der Waals surface area contributed by atoms with E-state index < -0.39 is 0 Å². The van der Waals surface area contributed by atoms with Crippen LogP contribution in [0.15, 0.2) is 36.5 Å². The van der Waals surface area contributed by atoms with E-state index >= 15 is 0 Å². The molecular weight excluding hydrogens is 354 g/mol. The quantitative estimate of drug-likeness (QED) is 0.853. The molecule has 2 fully saturated rings. The molecule has 3 heterocycles. The van der Waals surface area contributed by atoms with Crippen molar-refractivity contribution in [3.05, 3.63) is 36.5 Å². The lowest BCUT2D eigenvalue weighted by Crippen LogP contribution is -2.48. The fourth-order valence-electron chi connectivity index (χ4n) is 4.85. The number of para-hydroxylation sites is 1. The van der Waals surface area contributed by atoms with E-state index in [1.807, 2.05) is 39.9 Å². The van der Waals surface area contributed by atoms with Gasteiger partial charge in [0, 0.05) is 57.0 Å². The van der Waals surface area contributed by atoms with Gasteiger partial charge in [-0.1, -0.05) is 18.2 Å². The number of morpholine rings is 1. The first-order chi connectivity index (χ1) is 13.5. The van der Waals surface area contributed by atoms with Crippen molar-refractivity contribution in [3.8, 4) is 0 Å². The third kappa shape index (κ3) is 4.09. The van der Waals surface area contributed by atoms with E-state index in [0.717, 1.165) is 37.1 Å². The molecule has 0 radical (unpaired) electrons. The largest absolute Gasteiger partial charge is 0.396 e. The smallest absolute Gasteiger partial charge is 0.242 e. The molecule has 0 unspecified atom stereocenters. The molecule has 4 atom stereocenters. The van der Waals surface area contributed by atoms with Crippen molar-refractivity contribution in [2.24, 2.45) is 11.8 Å². The van der Waals surface area contributed by atoms with Crippen LogP contribution < -0.4 is 0 Å². The van der Waals surface area contributed by atoms with Crippen LogP contribution in [0.4, 0.5) is 0 Å². The zero-order valence-corrected chi connectivity index (χ0v) is 16.8. The number of carbonyl (C=O) groups is 1. The maximum absolute atomic E-state index is 12.9. The molecule has 2 aliphatic rings. The predicted molar refractivity (Wildman–Crippen MR) is 109 cm³/mol. The predicted octanol–water partition coefficient (Wildman–Crippen LogP) is 1.82. The Hall–Kier alpha value is -1.89. The molecule has 2 saturated heterocycles. The van der Waals surface area contributed by atoms with Crippen LogP contribution in [0.3, 0.4) is 0 Å². The lowest BCUT2D eigenvalue weighted by molar-refractivity contribution is -0.131. The standard InChI is InChI=1S/C22H31N3O3/c1-16-9-23(10-17(2)28-16)11-19-12-25(13-20(19)15-26)22(27)14-24-8-7-18-5-3-4-6-21(18)24/h3-8,16-17,19-20,26H,9-15H2,1-2H3/t16-,17+,19-,20-/m1/s1. The van der Waals surface area contributed by atoms with Gasteiger partial charge in [0.15, 0.2) is 0 Å². The Labute approximate surface area is 166 Å². The lowest BCUT2D eigenvalue weighted by Gasteiger charge is -2.37. The van der Waals surface area contributed by atoms with Gasteiger partial charge < -0.3 is 19.3 Å². The third-order valence-corrected chi connectivity index (χ3v) is 6.14. The van der Waals surface area contributed by atoms with Gasteiger partial charge in [0.1, 0.15) is 6.54 Å². The number of carbonyl (C=O) groups excluding carboxylic acids is 1. The number of rotatable bonds is 5. The number of hydrogen-bond donors (Lipinski definition) is 1. The summed E-state index contributed by atoms with van der Waals surface area (Å²) in [6.07, 6.45) is 2.45. The highest BCUT2D eigenvalue weighted by atomic mass is 16.5. The number of benzene rings is 1. The van der Waals surface area contributed by atoms with Crippen molar-refractivity contribution in [1.82, 2.24) is 14.4 Å². The number of ether oxygens (including phenoxy) is 1. The number of likely N-dealkylation sites (tertiary alicyclic amines) is 1. The van der Waals surface area contributed by atoms with Crippen molar-refractivity contribution in [2.75, 3.05) is 39.3 Å². The molecule has 1 N–H and O–H groups in total. The summed E-state index contributed by atoms with van der Waals surface area (Å²) in [5.41, 5.74) is 1.08. The third-order valence-electron chi connectivity index (χ3n) is 6.14. The lowest BCUT2D eigenvalue weighted by atomic mass is 9.96. The van der Waals surface area contributed by atoms with Gasteiger partial charge in [0.05, 0.1) is 12.2 Å². The topological polar surface area (TPSA) is 57.9 Å². The molecule has 4 rings (SSSR count). The van der Waals surface area contributed by atoms with Crippen LogP contribution >= 0.6 is 0 Å². The summed E-state index contributed by atoms with van der Waals surface area (Å²) in [6.45, 7) is 8.83. The molecule has 1 amide bonds. The highest BCUT2D eigenvalue weighted by Crippen LogP contribution is 2.26. The van der Waals surface area contributed by atoms with Crippen LogP contribution in [0.5, 0.6) is 0 Å². The zero-order chi connectivity index (χ0) is 19.7. The molecule has 0 bridgehead atoms. The number of aliphatic hydroxyl groups excluding tert-OH is 1. The summed E-state index contributed by atoms with van der Waals surface area (Å²) < 4.78 is 7.85. The molecule has 28 heavy (non-hydrogen) atoms. The normalized spacial score (nSPS) is 28.9. The van der Waals surface area contributed by atoms with Crippen molar-refractivity contribution in [1.29, 1.82) is 0 Å². The number of aromatic nitrogens is 1. The van der Waals surface area contributed by atoms with Crippen molar-refractivity contribution in [3.63, 3.8) is 0 Å². The van der Waals surface area contributed by atoms with Gasteiger partial charge in [-0.25, -0.2) is 0 Å². The Kier molecular flexibility index (Phi) is 5.71. The molecule has 152 valence electrons. The molecule has 0 aliphatic carbocycles. The van der Waals surface area contributed by atoms with E-state index in [1.165, 1.54) is 0 Å². The first-order valence-corrected chi connectivity index (χ1v) is 10.3. The fourth-order valence-corrected chi connectivity index (χ4v) is 4.85. The number of aliphatic hydroxyl groups is 1. The van der Waals surface area contributed by atoms with Crippen LogP contribution in [0.2, 0.25) is 0 Å². The average molecular weight is 386 g/mol. The first-order valence-electron chi connectivity index (χ1n) is 10.3. The summed E-state index contributed by atoms with van der Waals surface area (Å²) in [5.74, 6) is 0.595. The molecule has 6 heteroatoms. The van der Waals surface area contributed by atoms with Crippen LogP contribution in [0.25, 0.3) is 10.9 Å². The summed E-state index contributed by atoms with van der Waals surface area (Å²) >= 11 is 0. The average Bonchev–Trinajstić information content (AvgIpc) is 3.25. The minimum absolute atomic E-state index is 0.131. The van der Waals surface area contributed by atoms with Crippen LogP contribution in [0.1, 0.15) is 13.8 Å². The van der Waals surface area contributed by atoms with E-state index in [1.54, 1.807) is 0 Å². The summed E-state index contributed by atoms with van der Waals surface area (Å²) in [4.78, 5) is 17.3. The Morgan fingerprint density at radius 2 is 1.79 bits per heavy atom.